The molecule has 1 aliphatic heterocycles. The summed E-state index contributed by atoms with van der Waals surface area (Å²) in [7, 11) is 0. The molecule has 0 amide bonds. The molecule has 0 saturated carbocycles. The largest absolute Gasteiger partial charge is 0.493 e. The molecule has 0 aliphatic carbocycles. The summed E-state index contributed by atoms with van der Waals surface area (Å²) < 4.78 is 3.24. The van der Waals surface area contributed by atoms with E-state index in [1.54, 1.807) is 4.57 Å². The van der Waals surface area contributed by atoms with Gasteiger partial charge in [0.05, 0.1) is 12.2 Å². The molecule has 5 nitrogen and oxygen atoms in total. The van der Waals surface area contributed by atoms with E-state index >= 15 is 0 Å². The third kappa shape index (κ3) is 4.46. The highest BCUT2D eigenvalue weighted by atomic mass is 16.3. The Morgan fingerprint density at radius 1 is 0.897 bits per heavy atom. The van der Waals surface area contributed by atoms with E-state index in [1.807, 2.05) is 12.1 Å². The van der Waals surface area contributed by atoms with Crippen molar-refractivity contribution in [3.05, 3.63) is 87.5 Å². The second-order valence-electron chi connectivity index (χ2n) is 7.78. The molecular formula is C24H29N3O2. The van der Waals surface area contributed by atoms with Crippen molar-refractivity contribution < 1.29 is 5.11 Å². The number of benzene rings is 2. The average molecular weight is 392 g/mol. The van der Waals surface area contributed by atoms with Crippen molar-refractivity contribution in [2.45, 2.75) is 45.2 Å². The molecule has 0 saturated heterocycles. The molecule has 2 N–H and O–H groups in total. The van der Waals surface area contributed by atoms with Gasteiger partial charge in [-0.1, -0.05) is 54.6 Å². The van der Waals surface area contributed by atoms with Gasteiger partial charge in [0.2, 0.25) is 5.88 Å². The van der Waals surface area contributed by atoms with Gasteiger partial charge in [-0.2, -0.15) is 0 Å². The molecule has 152 valence electrons. The van der Waals surface area contributed by atoms with Crippen LogP contribution < -0.4 is 11.0 Å². The molecule has 0 unspecified atom stereocenters. The number of fused-ring (bicyclic) bond motifs is 2. The van der Waals surface area contributed by atoms with Gasteiger partial charge in [-0.05, 0) is 55.5 Å². The molecule has 0 radical (unpaired) electrons. The summed E-state index contributed by atoms with van der Waals surface area (Å²) in [6, 6.07) is 18.7. The van der Waals surface area contributed by atoms with E-state index in [4.69, 9.17) is 0 Å². The molecule has 0 fully saturated rings. The molecule has 2 aromatic carbocycles. The van der Waals surface area contributed by atoms with Crippen molar-refractivity contribution in [1.82, 2.24) is 14.5 Å². The van der Waals surface area contributed by atoms with Gasteiger partial charge in [-0.15, -0.1) is 0 Å². The standard InChI is InChI=1S/C24H29N3O2/c28-23-22-17-20-12-4-5-13-21(20)18-27(22)24(29)26(23)16-8-15-25-14-7-6-11-19-9-2-1-3-10-19/h1-5,9-10,12-13,25,28H,6-8,11,14-18H2. The van der Waals surface area contributed by atoms with Gasteiger partial charge in [0.1, 0.15) is 0 Å². The van der Waals surface area contributed by atoms with E-state index in [9.17, 15) is 9.90 Å². The smallest absolute Gasteiger partial charge is 0.331 e. The van der Waals surface area contributed by atoms with E-state index in [-0.39, 0.29) is 11.6 Å². The Balaban J connectivity index is 1.22. The van der Waals surface area contributed by atoms with Crippen LogP contribution in [0.25, 0.3) is 0 Å². The molecule has 29 heavy (non-hydrogen) atoms. The lowest BCUT2D eigenvalue weighted by molar-refractivity contribution is 0.403. The van der Waals surface area contributed by atoms with Crippen molar-refractivity contribution in [3.8, 4) is 5.88 Å². The lowest BCUT2D eigenvalue weighted by Crippen LogP contribution is -2.28. The van der Waals surface area contributed by atoms with Crippen molar-refractivity contribution in [2.75, 3.05) is 13.1 Å². The first-order valence-electron chi connectivity index (χ1n) is 10.6. The number of nitrogens with one attached hydrogen (secondary N) is 1. The maximum absolute atomic E-state index is 12.7. The Morgan fingerprint density at radius 2 is 1.62 bits per heavy atom. The Bertz CT molecular complexity index is 1000. The molecule has 2 heterocycles. The summed E-state index contributed by atoms with van der Waals surface area (Å²) in [4.78, 5) is 12.7. The minimum Gasteiger partial charge on any atom is -0.493 e. The molecular weight excluding hydrogens is 362 g/mol. The number of rotatable bonds is 9. The van der Waals surface area contributed by atoms with Gasteiger partial charge < -0.3 is 10.4 Å². The summed E-state index contributed by atoms with van der Waals surface area (Å²) in [5, 5.41) is 14.0. The summed E-state index contributed by atoms with van der Waals surface area (Å²) in [6.45, 7) is 2.91. The van der Waals surface area contributed by atoms with Gasteiger partial charge in [-0.3, -0.25) is 9.13 Å². The van der Waals surface area contributed by atoms with Crippen LogP contribution in [0.1, 0.15) is 41.6 Å². The molecule has 1 aliphatic rings. The fraction of sp³-hybridized carbons (Fsp3) is 0.375. The number of aromatic nitrogens is 2. The molecule has 0 spiro atoms. The van der Waals surface area contributed by atoms with Crippen LogP contribution >= 0.6 is 0 Å². The lowest BCUT2D eigenvalue weighted by Gasteiger charge is -2.17. The summed E-state index contributed by atoms with van der Waals surface area (Å²) in [5.41, 5.74) is 4.38. The van der Waals surface area contributed by atoms with Gasteiger partial charge in [-0.25, -0.2) is 4.79 Å². The third-order valence-corrected chi connectivity index (χ3v) is 5.75. The number of aryl methyl sites for hydroxylation is 1. The summed E-state index contributed by atoms with van der Waals surface area (Å²) >= 11 is 0. The zero-order valence-corrected chi connectivity index (χ0v) is 16.8. The normalized spacial score (nSPS) is 12.6. The highest BCUT2D eigenvalue weighted by Gasteiger charge is 2.24. The van der Waals surface area contributed by atoms with Gasteiger partial charge in [0.25, 0.3) is 0 Å². The number of hydrogen-bond acceptors (Lipinski definition) is 3. The van der Waals surface area contributed by atoms with Crippen LogP contribution in [0.5, 0.6) is 5.88 Å². The van der Waals surface area contributed by atoms with Crippen LogP contribution in [-0.4, -0.2) is 27.3 Å². The van der Waals surface area contributed by atoms with Crippen LogP contribution in [0.15, 0.2) is 59.4 Å². The first kappa shape index (κ1) is 19.5. The van der Waals surface area contributed by atoms with Crippen molar-refractivity contribution in [2.24, 2.45) is 0 Å². The Hall–Kier alpha value is -2.79. The van der Waals surface area contributed by atoms with E-state index in [2.05, 4.69) is 47.8 Å². The maximum Gasteiger partial charge on any atom is 0.331 e. The average Bonchev–Trinajstić information content (AvgIpc) is 2.99. The number of hydrogen-bond donors (Lipinski definition) is 2. The van der Waals surface area contributed by atoms with E-state index in [0.717, 1.165) is 43.6 Å². The van der Waals surface area contributed by atoms with E-state index in [1.165, 1.54) is 22.1 Å². The maximum atomic E-state index is 12.7. The van der Waals surface area contributed by atoms with Gasteiger partial charge in [0.15, 0.2) is 0 Å². The SMILES string of the molecule is O=c1n(CCCNCCCCc2ccccc2)c(O)c2n1Cc1ccccc1C2. The summed E-state index contributed by atoms with van der Waals surface area (Å²) in [6.07, 6.45) is 4.86. The minimum atomic E-state index is -0.102. The van der Waals surface area contributed by atoms with E-state index in [0.29, 0.717) is 19.5 Å². The van der Waals surface area contributed by atoms with Crippen LogP contribution in [0.4, 0.5) is 0 Å². The zero-order valence-electron chi connectivity index (χ0n) is 16.8. The molecule has 0 atom stereocenters. The van der Waals surface area contributed by atoms with Crippen molar-refractivity contribution in [1.29, 1.82) is 0 Å². The van der Waals surface area contributed by atoms with Crippen LogP contribution in [0, 0.1) is 0 Å². The Labute approximate surface area is 171 Å². The highest BCUT2D eigenvalue weighted by molar-refractivity contribution is 5.38. The second-order valence-corrected chi connectivity index (χ2v) is 7.78. The second kappa shape index (κ2) is 9.14. The topological polar surface area (TPSA) is 59.2 Å². The fourth-order valence-electron chi connectivity index (χ4n) is 4.11. The first-order chi connectivity index (χ1) is 14.2. The highest BCUT2D eigenvalue weighted by Crippen LogP contribution is 2.27. The third-order valence-electron chi connectivity index (χ3n) is 5.75. The molecule has 4 rings (SSSR count). The van der Waals surface area contributed by atoms with E-state index < -0.39 is 0 Å². The van der Waals surface area contributed by atoms with Crippen LogP contribution in [0.2, 0.25) is 0 Å². The van der Waals surface area contributed by atoms with Crippen molar-refractivity contribution in [3.63, 3.8) is 0 Å². The molecule has 0 bridgehead atoms. The van der Waals surface area contributed by atoms with Gasteiger partial charge >= 0.3 is 5.69 Å². The number of unbranched alkanes of at least 4 members (excludes halogenated alkanes) is 1. The first-order valence-corrected chi connectivity index (χ1v) is 10.6. The Kier molecular flexibility index (Phi) is 6.15. The fourth-order valence-corrected chi connectivity index (χ4v) is 4.11. The molecule has 1 aromatic heterocycles. The summed E-state index contributed by atoms with van der Waals surface area (Å²) in [5.74, 6) is 0.132. The van der Waals surface area contributed by atoms with Crippen molar-refractivity contribution >= 4 is 0 Å². The Morgan fingerprint density at radius 3 is 2.45 bits per heavy atom. The number of aromatic hydroxyl groups is 1. The van der Waals surface area contributed by atoms with Crippen LogP contribution in [-0.2, 0) is 25.9 Å². The lowest BCUT2D eigenvalue weighted by atomic mass is 9.99. The minimum absolute atomic E-state index is 0.102. The monoisotopic (exact) mass is 391 g/mol. The van der Waals surface area contributed by atoms with Gasteiger partial charge in [0, 0.05) is 13.0 Å². The molecule has 5 heteroatoms. The zero-order chi connectivity index (χ0) is 20.1. The quantitative estimate of drug-likeness (QED) is 0.431. The van der Waals surface area contributed by atoms with Crippen LogP contribution in [0.3, 0.4) is 0 Å². The number of nitrogens with zero attached hydrogens (tertiary/aromatic N) is 2. The predicted octanol–water partition coefficient (Wildman–Crippen LogP) is 3.31. The predicted molar refractivity (Wildman–Crippen MR) is 116 cm³/mol. The number of imidazole rings is 1. The molecule has 3 aromatic rings.